The number of hydrogen-bond donors (Lipinski definition) is 1. The quantitative estimate of drug-likeness (QED) is 0.263. The second-order valence-corrected chi connectivity index (χ2v) is 11.1. The van der Waals surface area contributed by atoms with Crippen molar-refractivity contribution in [1.82, 2.24) is 9.88 Å². The molecule has 0 spiro atoms. The molecule has 1 N–H and O–H groups in total. The molecule has 1 aromatic carbocycles. The lowest BCUT2D eigenvalue weighted by Gasteiger charge is -2.41. The van der Waals surface area contributed by atoms with Crippen LogP contribution >= 0.6 is 15.9 Å². The van der Waals surface area contributed by atoms with E-state index in [1.54, 1.807) is 31.3 Å². The molecule has 10 heteroatoms. The molecule has 2 aromatic rings. The van der Waals surface area contributed by atoms with Crippen LogP contribution in [0.15, 0.2) is 76.1 Å². The Kier molecular flexibility index (Phi) is 8.59. The van der Waals surface area contributed by atoms with Gasteiger partial charge in [-0.1, -0.05) is 24.8 Å². The number of nitrogens with zero attached hydrogens (tertiary/aromatic N) is 3. The molecule has 35 heavy (non-hydrogen) atoms. The van der Waals surface area contributed by atoms with Crippen molar-refractivity contribution in [3.8, 4) is 6.07 Å². The molecular weight excluding hydrogens is 532 g/mol. The van der Waals surface area contributed by atoms with Crippen molar-refractivity contribution in [2.75, 3.05) is 25.0 Å². The number of ether oxygens (including phenoxy) is 2. The smallest absolute Gasteiger partial charge is 0.263 e. The fourth-order valence-corrected chi connectivity index (χ4v) is 5.04. The van der Waals surface area contributed by atoms with Gasteiger partial charge in [0.25, 0.3) is 10.0 Å². The number of halogens is 1. The fraction of sp³-hybridized carbons (Fsp3) is 0.360. The molecule has 0 radical (unpaired) electrons. The highest BCUT2D eigenvalue weighted by molar-refractivity contribution is 9.10. The zero-order valence-corrected chi connectivity index (χ0v) is 22.4. The summed E-state index contributed by atoms with van der Waals surface area (Å²) >= 11 is 3.45. The van der Waals surface area contributed by atoms with Gasteiger partial charge in [-0.3, -0.25) is 4.72 Å². The van der Waals surface area contributed by atoms with Gasteiger partial charge in [-0.15, -0.1) is 0 Å². The van der Waals surface area contributed by atoms with Crippen LogP contribution in [0.5, 0.6) is 0 Å². The molecule has 0 bridgehead atoms. The minimum absolute atomic E-state index is 0.114. The van der Waals surface area contributed by atoms with Gasteiger partial charge in [0.15, 0.2) is 0 Å². The van der Waals surface area contributed by atoms with Crippen LogP contribution < -0.4 is 4.72 Å². The van der Waals surface area contributed by atoms with Crippen LogP contribution in [0.25, 0.3) is 0 Å². The van der Waals surface area contributed by atoms with Crippen LogP contribution in [-0.4, -0.2) is 44.7 Å². The summed E-state index contributed by atoms with van der Waals surface area (Å²) in [6.45, 7) is 8.75. The van der Waals surface area contributed by atoms with Crippen molar-refractivity contribution in [1.29, 1.82) is 5.26 Å². The van der Waals surface area contributed by atoms with Crippen molar-refractivity contribution >= 4 is 31.8 Å². The van der Waals surface area contributed by atoms with Crippen LogP contribution in [0, 0.1) is 11.3 Å². The van der Waals surface area contributed by atoms with E-state index in [9.17, 15) is 13.7 Å². The maximum absolute atomic E-state index is 13.1. The zero-order valence-electron chi connectivity index (χ0n) is 20.0. The van der Waals surface area contributed by atoms with Crippen molar-refractivity contribution in [2.24, 2.45) is 0 Å². The summed E-state index contributed by atoms with van der Waals surface area (Å²) in [7, 11) is -2.08. The lowest BCUT2D eigenvalue weighted by molar-refractivity contribution is -0.0379. The minimum Gasteiger partial charge on any atom is -0.475 e. The number of nitriles is 1. The first-order valence-electron chi connectivity index (χ1n) is 11.1. The summed E-state index contributed by atoms with van der Waals surface area (Å²) in [4.78, 5) is 6.32. The number of anilines is 1. The predicted octanol–water partition coefficient (Wildman–Crippen LogP) is 4.93. The molecule has 8 nitrogen and oxygen atoms in total. The number of benzene rings is 1. The van der Waals surface area contributed by atoms with Crippen molar-refractivity contribution in [3.05, 3.63) is 76.7 Å². The Hall–Kier alpha value is -2.87. The molecule has 0 aliphatic carbocycles. The van der Waals surface area contributed by atoms with E-state index in [4.69, 9.17) is 9.47 Å². The van der Waals surface area contributed by atoms with E-state index in [-0.39, 0.29) is 22.4 Å². The third kappa shape index (κ3) is 6.23. The van der Waals surface area contributed by atoms with E-state index in [1.807, 2.05) is 18.7 Å². The monoisotopic (exact) mass is 560 g/mol. The van der Waals surface area contributed by atoms with E-state index >= 15 is 0 Å². The van der Waals surface area contributed by atoms with Gasteiger partial charge in [-0.25, -0.2) is 13.4 Å². The fourth-order valence-electron chi connectivity index (χ4n) is 3.66. The minimum atomic E-state index is -3.88. The summed E-state index contributed by atoms with van der Waals surface area (Å²) in [5, 5.41) is 9.77. The molecule has 0 amide bonds. The van der Waals surface area contributed by atoms with Crippen molar-refractivity contribution in [3.63, 3.8) is 0 Å². The molecule has 0 saturated carbocycles. The molecule has 1 saturated heterocycles. The summed E-state index contributed by atoms with van der Waals surface area (Å²) in [5.41, 5.74) is 0.0152. The Labute approximate surface area is 215 Å². The first-order valence-corrected chi connectivity index (χ1v) is 13.4. The van der Waals surface area contributed by atoms with Crippen LogP contribution in [0.3, 0.4) is 0 Å². The Bertz CT molecular complexity index is 1230. The lowest BCUT2D eigenvalue weighted by atomic mass is 9.93. The predicted molar refractivity (Wildman–Crippen MR) is 138 cm³/mol. The molecule has 1 aliphatic heterocycles. The first-order chi connectivity index (χ1) is 16.6. The van der Waals surface area contributed by atoms with Crippen molar-refractivity contribution in [2.45, 2.75) is 43.2 Å². The van der Waals surface area contributed by atoms with E-state index in [0.29, 0.717) is 42.0 Å². The topological polar surface area (TPSA) is 105 Å². The molecule has 1 aliphatic rings. The Morgan fingerprint density at radius 1 is 1.34 bits per heavy atom. The second kappa shape index (κ2) is 11.2. The number of pyridine rings is 1. The van der Waals surface area contributed by atoms with Gasteiger partial charge in [0.1, 0.15) is 23.6 Å². The Morgan fingerprint density at radius 3 is 2.60 bits per heavy atom. The van der Waals surface area contributed by atoms with E-state index in [2.05, 4.69) is 38.3 Å². The lowest BCUT2D eigenvalue weighted by Crippen LogP contribution is -2.41. The largest absolute Gasteiger partial charge is 0.475 e. The molecule has 0 unspecified atom stereocenters. The molecule has 186 valence electrons. The van der Waals surface area contributed by atoms with Gasteiger partial charge in [0.05, 0.1) is 23.6 Å². The third-order valence-corrected chi connectivity index (χ3v) is 7.73. The number of aromatic nitrogens is 1. The average Bonchev–Trinajstić information content (AvgIpc) is 2.85. The zero-order chi connectivity index (χ0) is 25.6. The van der Waals surface area contributed by atoms with E-state index < -0.39 is 15.6 Å². The summed E-state index contributed by atoms with van der Waals surface area (Å²) < 4.78 is 41.1. The van der Waals surface area contributed by atoms with E-state index in [0.717, 1.165) is 0 Å². The van der Waals surface area contributed by atoms with Gasteiger partial charge >= 0.3 is 0 Å². The van der Waals surface area contributed by atoms with Crippen LogP contribution in [-0.2, 0) is 25.0 Å². The maximum atomic E-state index is 13.1. The van der Waals surface area contributed by atoms with Crippen LogP contribution in [0.1, 0.15) is 32.3 Å². The molecule has 1 fully saturated rings. The third-order valence-electron chi connectivity index (χ3n) is 5.94. The highest BCUT2D eigenvalue weighted by Crippen LogP contribution is 2.37. The highest BCUT2D eigenvalue weighted by Gasteiger charge is 2.35. The number of nitrogens with one attached hydrogen (secondary N) is 1. The molecule has 0 atom stereocenters. The van der Waals surface area contributed by atoms with E-state index in [1.165, 1.54) is 24.4 Å². The number of allylic oxidation sites excluding steroid dienone is 2. The molecule has 1 aromatic heterocycles. The first kappa shape index (κ1) is 26.7. The summed E-state index contributed by atoms with van der Waals surface area (Å²) in [6, 6.07) is 12.1. The van der Waals surface area contributed by atoms with Gasteiger partial charge in [-0.05, 0) is 54.1 Å². The highest BCUT2D eigenvalue weighted by atomic mass is 79.9. The Morgan fingerprint density at radius 2 is 2.00 bits per heavy atom. The van der Waals surface area contributed by atoms with Gasteiger partial charge < -0.3 is 14.4 Å². The summed E-state index contributed by atoms with van der Waals surface area (Å²) in [5.74, 6) is 0.535. The number of sulfonamides is 1. The maximum Gasteiger partial charge on any atom is 0.263 e. The summed E-state index contributed by atoms with van der Waals surface area (Å²) in [6.07, 6.45) is 4.28. The van der Waals surface area contributed by atoms with Crippen LogP contribution in [0.2, 0.25) is 0 Å². The average molecular weight is 562 g/mol. The number of rotatable bonds is 9. The Balaban J connectivity index is 2.03. The second-order valence-electron chi connectivity index (χ2n) is 8.55. The van der Waals surface area contributed by atoms with Gasteiger partial charge in [0.2, 0.25) is 5.88 Å². The molecule has 2 heterocycles. The van der Waals surface area contributed by atoms with Gasteiger partial charge in [-0.2, -0.15) is 5.26 Å². The van der Waals surface area contributed by atoms with Crippen LogP contribution in [0.4, 0.5) is 5.82 Å². The standard InChI is InChI=1S/C25H29BrN4O4S/c1-5-18(16-27)24(34-20-11-13-33-14-12-20)30(4)25(2,3)22-15-19(26)17-28-23(22)29-35(31,32)21-9-7-6-8-10-21/h5-10,15,17,20H,1,11-14H2,2-4H3,(H,28,29)/b24-18-. The normalized spacial score (nSPS) is 15.5. The number of hydrogen-bond acceptors (Lipinski definition) is 7. The van der Waals surface area contributed by atoms with Gasteiger partial charge in [0, 0.05) is 36.1 Å². The molecule has 3 rings (SSSR count). The van der Waals surface area contributed by atoms with Crippen molar-refractivity contribution < 1.29 is 17.9 Å². The molecular formula is C25H29BrN4O4S. The SMILES string of the molecule is C=C/C(C#N)=C(/OC1CCOCC1)N(C)C(C)(C)c1cc(Br)cnc1NS(=O)(=O)c1ccccc1.